The van der Waals surface area contributed by atoms with Crippen LogP contribution in [0.25, 0.3) is 10.1 Å². The predicted molar refractivity (Wildman–Crippen MR) is 74.0 cm³/mol. The van der Waals surface area contributed by atoms with Crippen LogP contribution in [-0.4, -0.2) is 23.4 Å². The fourth-order valence-corrected chi connectivity index (χ4v) is 4.59. The van der Waals surface area contributed by atoms with Gasteiger partial charge in [0.1, 0.15) is 0 Å². The molecule has 1 aromatic heterocycles. The lowest BCUT2D eigenvalue weighted by atomic mass is 10.0. The Labute approximate surface area is 110 Å². The van der Waals surface area contributed by atoms with Crippen molar-refractivity contribution < 1.29 is 4.79 Å². The van der Waals surface area contributed by atoms with Crippen molar-refractivity contribution in [2.24, 2.45) is 0 Å². The number of rotatable bonds is 0. The first-order chi connectivity index (χ1) is 8.83. The van der Waals surface area contributed by atoms with Gasteiger partial charge in [-0.05, 0) is 36.3 Å². The minimum Gasteiger partial charge on any atom is -0.339 e. The van der Waals surface area contributed by atoms with Crippen LogP contribution < -0.4 is 0 Å². The number of thiophene rings is 1. The molecule has 3 heterocycles. The summed E-state index contributed by atoms with van der Waals surface area (Å²) in [5.74, 6) is 0.336. The third kappa shape index (κ3) is 1.43. The minimum atomic E-state index is 0.336. The van der Waals surface area contributed by atoms with E-state index in [-0.39, 0.29) is 0 Å². The Hall–Kier alpha value is -1.35. The lowest BCUT2D eigenvalue weighted by molar-refractivity contribution is -0.130. The summed E-state index contributed by atoms with van der Waals surface area (Å²) in [5, 5.41) is 1.37. The van der Waals surface area contributed by atoms with Crippen LogP contribution in [0.5, 0.6) is 0 Å². The van der Waals surface area contributed by atoms with Crippen molar-refractivity contribution in [2.45, 2.75) is 31.7 Å². The molecule has 1 atom stereocenters. The van der Waals surface area contributed by atoms with Crippen LogP contribution in [-0.2, 0) is 17.6 Å². The molecule has 1 fully saturated rings. The molecule has 0 spiro atoms. The van der Waals surface area contributed by atoms with Gasteiger partial charge in [-0.1, -0.05) is 18.2 Å². The molecule has 3 heteroatoms. The summed E-state index contributed by atoms with van der Waals surface area (Å²) in [4.78, 5) is 15.7. The molecule has 0 saturated carbocycles. The Morgan fingerprint density at radius 2 is 2.17 bits per heavy atom. The lowest BCUT2D eigenvalue weighted by Gasteiger charge is -2.21. The van der Waals surface area contributed by atoms with Gasteiger partial charge in [0.15, 0.2) is 0 Å². The van der Waals surface area contributed by atoms with Crippen molar-refractivity contribution >= 4 is 27.3 Å². The normalized spacial score (nSPS) is 23.0. The molecule has 1 unspecified atom stereocenters. The summed E-state index contributed by atoms with van der Waals surface area (Å²) in [6.07, 6.45) is 4.03. The molecule has 0 N–H and O–H groups in total. The van der Waals surface area contributed by atoms with Crippen LogP contribution in [0.2, 0.25) is 0 Å². The second-order valence-corrected chi connectivity index (χ2v) is 6.40. The van der Waals surface area contributed by atoms with Gasteiger partial charge in [0, 0.05) is 22.2 Å². The molecule has 2 nitrogen and oxygen atoms in total. The first-order valence-corrected chi connectivity index (χ1v) is 7.43. The average molecular weight is 257 g/mol. The van der Waals surface area contributed by atoms with Gasteiger partial charge in [-0.25, -0.2) is 0 Å². The van der Waals surface area contributed by atoms with Gasteiger partial charge >= 0.3 is 0 Å². The molecule has 0 radical (unpaired) electrons. The van der Waals surface area contributed by atoms with E-state index in [9.17, 15) is 4.79 Å². The maximum atomic E-state index is 12.3. The zero-order chi connectivity index (χ0) is 12.1. The van der Waals surface area contributed by atoms with Crippen molar-refractivity contribution in [1.29, 1.82) is 0 Å². The molecule has 0 aliphatic carbocycles. The van der Waals surface area contributed by atoms with Crippen LogP contribution in [0.4, 0.5) is 0 Å². The Morgan fingerprint density at radius 3 is 3.11 bits per heavy atom. The van der Waals surface area contributed by atoms with Gasteiger partial charge in [0.25, 0.3) is 0 Å². The molecule has 2 aromatic rings. The molecule has 18 heavy (non-hydrogen) atoms. The van der Waals surface area contributed by atoms with Gasteiger partial charge in [0.2, 0.25) is 5.91 Å². The molecule has 1 aromatic carbocycles. The molecule has 1 amide bonds. The van der Waals surface area contributed by atoms with E-state index in [1.165, 1.54) is 33.4 Å². The first-order valence-electron chi connectivity index (χ1n) is 6.61. The van der Waals surface area contributed by atoms with Crippen molar-refractivity contribution in [1.82, 2.24) is 4.90 Å². The number of carbonyl (C=O) groups is 1. The largest absolute Gasteiger partial charge is 0.339 e. The number of hydrogen-bond acceptors (Lipinski definition) is 2. The monoisotopic (exact) mass is 257 g/mol. The van der Waals surface area contributed by atoms with Crippen LogP contribution in [0, 0.1) is 0 Å². The second-order valence-electron chi connectivity index (χ2n) is 5.26. The lowest BCUT2D eigenvalue weighted by Crippen LogP contribution is -2.35. The smallest absolute Gasteiger partial charge is 0.228 e. The molecular formula is C15H15NOS. The van der Waals surface area contributed by atoms with E-state index in [2.05, 4.69) is 29.2 Å². The van der Waals surface area contributed by atoms with Crippen LogP contribution >= 0.6 is 11.3 Å². The number of nitrogens with zero attached hydrogens (tertiary/aromatic N) is 1. The predicted octanol–water partition coefficient (Wildman–Crippen LogP) is 2.99. The third-order valence-corrected chi connectivity index (χ3v) is 5.44. The van der Waals surface area contributed by atoms with Gasteiger partial charge < -0.3 is 4.90 Å². The number of carbonyl (C=O) groups excluding carboxylic acids is 1. The standard InChI is InChI=1S/C15H15NOS/c17-15-9-14-12(8-10-4-3-7-16(10)15)11-5-1-2-6-13(11)18-14/h1-2,5-6,10H,3-4,7-9H2. The van der Waals surface area contributed by atoms with Gasteiger partial charge in [-0.2, -0.15) is 0 Å². The van der Waals surface area contributed by atoms with Gasteiger partial charge in [0.05, 0.1) is 6.42 Å². The minimum absolute atomic E-state index is 0.336. The van der Waals surface area contributed by atoms with E-state index >= 15 is 0 Å². The highest BCUT2D eigenvalue weighted by Crippen LogP contribution is 2.37. The van der Waals surface area contributed by atoms with E-state index in [0.717, 1.165) is 13.0 Å². The molecule has 1 saturated heterocycles. The number of fused-ring (bicyclic) bond motifs is 4. The number of amides is 1. The highest BCUT2D eigenvalue weighted by atomic mass is 32.1. The van der Waals surface area contributed by atoms with Crippen LogP contribution in [0.3, 0.4) is 0 Å². The third-order valence-electron chi connectivity index (χ3n) is 4.23. The number of hydrogen-bond donors (Lipinski definition) is 0. The van der Waals surface area contributed by atoms with E-state index in [0.29, 0.717) is 18.4 Å². The van der Waals surface area contributed by atoms with Crippen LogP contribution in [0.1, 0.15) is 23.3 Å². The molecule has 92 valence electrons. The summed E-state index contributed by atoms with van der Waals surface area (Å²) in [6, 6.07) is 9.03. The van der Waals surface area contributed by atoms with E-state index < -0.39 is 0 Å². The van der Waals surface area contributed by atoms with E-state index in [1.54, 1.807) is 0 Å². The molecular weight excluding hydrogens is 242 g/mol. The van der Waals surface area contributed by atoms with E-state index in [1.807, 2.05) is 11.3 Å². The fourth-order valence-electron chi connectivity index (χ4n) is 3.37. The maximum absolute atomic E-state index is 12.3. The van der Waals surface area contributed by atoms with Crippen LogP contribution in [0.15, 0.2) is 24.3 Å². The summed E-state index contributed by atoms with van der Waals surface area (Å²) >= 11 is 1.81. The SMILES string of the molecule is O=C1Cc2sc3ccccc3c2CC2CCCN12. The Morgan fingerprint density at radius 1 is 1.28 bits per heavy atom. The number of benzene rings is 1. The summed E-state index contributed by atoms with van der Waals surface area (Å²) in [6.45, 7) is 0.969. The highest BCUT2D eigenvalue weighted by molar-refractivity contribution is 7.19. The molecule has 4 rings (SSSR count). The quantitative estimate of drug-likeness (QED) is 0.710. The van der Waals surface area contributed by atoms with Gasteiger partial charge in [-0.3, -0.25) is 4.79 Å². The van der Waals surface area contributed by atoms with Crippen molar-refractivity contribution in [3.63, 3.8) is 0 Å². The highest BCUT2D eigenvalue weighted by Gasteiger charge is 2.33. The first kappa shape index (κ1) is 10.6. The Balaban J connectivity index is 1.89. The topological polar surface area (TPSA) is 20.3 Å². The Bertz CT molecular complexity index is 630. The summed E-state index contributed by atoms with van der Waals surface area (Å²) in [5.41, 5.74) is 1.44. The van der Waals surface area contributed by atoms with Gasteiger partial charge in [-0.15, -0.1) is 11.3 Å². The fraction of sp³-hybridized carbons (Fsp3) is 0.400. The second kappa shape index (κ2) is 3.82. The van der Waals surface area contributed by atoms with Crippen molar-refractivity contribution in [3.05, 3.63) is 34.7 Å². The zero-order valence-electron chi connectivity index (χ0n) is 10.2. The maximum Gasteiger partial charge on any atom is 0.228 e. The average Bonchev–Trinajstić information content (AvgIpc) is 2.93. The summed E-state index contributed by atoms with van der Waals surface area (Å²) in [7, 11) is 0. The zero-order valence-corrected chi connectivity index (χ0v) is 11.0. The molecule has 2 aliphatic rings. The van der Waals surface area contributed by atoms with Crippen molar-refractivity contribution in [3.8, 4) is 0 Å². The van der Waals surface area contributed by atoms with Crippen molar-refractivity contribution in [2.75, 3.05) is 6.54 Å². The Kier molecular flexibility index (Phi) is 2.24. The summed E-state index contributed by atoms with van der Waals surface area (Å²) < 4.78 is 1.33. The molecule has 2 aliphatic heterocycles. The molecule has 0 bridgehead atoms. The van der Waals surface area contributed by atoms with E-state index in [4.69, 9.17) is 0 Å².